The Morgan fingerprint density at radius 1 is 1.00 bits per heavy atom. The van der Waals surface area contributed by atoms with E-state index in [9.17, 15) is 9.18 Å². The van der Waals surface area contributed by atoms with E-state index in [0.717, 1.165) is 36.2 Å². The van der Waals surface area contributed by atoms with Gasteiger partial charge < -0.3 is 5.32 Å². The van der Waals surface area contributed by atoms with Crippen LogP contribution < -0.4 is 5.32 Å². The van der Waals surface area contributed by atoms with E-state index in [1.165, 1.54) is 37.7 Å². The number of benzene rings is 1. The first-order valence-corrected chi connectivity index (χ1v) is 11.4. The first kappa shape index (κ1) is 21.0. The summed E-state index contributed by atoms with van der Waals surface area (Å²) in [7, 11) is 0. The number of halogens is 2. The van der Waals surface area contributed by atoms with Crippen LogP contribution in [0.5, 0.6) is 0 Å². The van der Waals surface area contributed by atoms with Gasteiger partial charge in [0.1, 0.15) is 5.83 Å². The fourth-order valence-corrected chi connectivity index (χ4v) is 4.38. The molecule has 158 valence electrons. The molecule has 1 heterocycles. The monoisotopic (exact) mass is 426 g/mol. The largest absolute Gasteiger partial charge is 0.326 e. The summed E-state index contributed by atoms with van der Waals surface area (Å²) >= 11 is 5.71. The second-order valence-corrected chi connectivity index (χ2v) is 8.89. The molecule has 3 nitrogen and oxygen atoms in total. The van der Waals surface area contributed by atoms with Gasteiger partial charge in [0.05, 0.1) is 0 Å². The van der Waals surface area contributed by atoms with E-state index in [0.29, 0.717) is 17.4 Å². The van der Waals surface area contributed by atoms with E-state index >= 15 is 0 Å². The van der Waals surface area contributed by atoms with E-state index in [2.05, 4.69) is 16.4 Å². The molecular formula is C25H28ClFN2O. The number of hydrogen-bond acceptors (Lipinski definition) is 2. The van der Waals surface area contributed by atoms with Crippen LogP contribution in [0.2, 0.25) is 5.02 Å². The minimum Gasteiger partial charge on any atom is -0.326 e. The Bertz CT molecular complexity index is 915. The Kier molecular flexibility index (Phi) is 6.83. The Labute approximate surface area is 182 Å². The fourth-order valence-electron chi connectivity index (χ4n) is 4.26. The van der Waals surface area contributed by atoms with Gasteiger partial charge in [-0.25, -0.2) is 4.39 Å². The van der Waals surface area contributed by atoms with Crippen LogP contribution >= 0.6 is 11.6 Å². The van der Waals surface area contributed by atoms with E-state index in [1.807, 2.05) is 18.3 Å². The second kappa shape index (κ2) is 9.74. The van der Waals surface area contributed by atoms with Gasteiger partial charge in [0, 0.05) is 40.5 Å². The minimum absolute atomic E-state index is 0.0163. The molecule has 0 spiro atoms. The summed E-state index contributed by atoms with van der Waals surface area (Å²) in [5.41, 5.74) is 4.34. The lowest BCUT2D eigenvalue weighted by atomic mass is 9.81. The van der Waals surface area contributed by atoms with Gasteiger partial charge in [-0.05, 0) is 80.0 Å². The van der Waals surface area contributed by atoms with E-state index in [4.69, 9.17) is 11.6 Å². The molecule has 0 aliphatic heterocycles. The highest BCUT2D eigenvalue weighted by Crippen LogP contribution is 2.37. The summed E-state index contributed by atoms with van der Waals surface area (Å²) in [6.07, 6.45) is 13.5. The van der Waals surface area contributed by atoms with Gasteiger partial charge in [-0.2, -0.15) is 0 Å². The normalized spacial score (nSPS) is 18.5. The van der Waals surface area contributed by atoms with Crippen LogP contribution in [0.25, 0.3) is 6.08 Å². The number of carbonyl (C=O) groups is 1. The average Bonchev–Trinajstić information content (AvgIpc) is 3.62. The molecule has 2 aromatic rings. The van der Waals surface area contributed by atoms with Crippen molar-refractivity contribution < 1.29 is 9.18 Å². The number of nitrogens with one attached hydrogen (secondary N) is 1. The van der Waals surface area contributed by atoms with E-state index in [1.54, 1.807) is 18.2 Å². The second-order valence-electron chi connectivity index (χ2n) is 8.46. The summed E-state index contributed by atoms with van der Waals surface area (Å²) in [6.45, 7) is 0. The van der Waals surface area contributed by atoms with Gasteiger partial charge in [-0.3, -0.25) is 9.78 Å². The van der Waals surface area contributed by atoms with Gasteiger partial charge in [-0.15, -0.1) is 0 Å². The molecule has 0 atom stereocenters. The van der Waals surface area contributed by atoms with Crippen molar-refractivity contribution in [1.82, 2.24) is 4.98 Å². The molecule has 0 bridgehead atoms. The SMILES string of the molecule is FC1=Cc2c(C3CCCCC3)ccnc2CC1.O=C(Nc1ccc(Cl)cc1)C1CC1. The Hall–Kier alpha value is -2.20. The number of allylic oxidation sites excluding steroid dienone is 1. The third-order valence-corrected chi connectivity index (χ3v) is 6.36. The number of rotatable bonds is 3. The third-order valence-electron chi connectivity index (χ3n) is 6.11. The molecule has 0 radical (unpaired) electrons. The first-order valence-electron chi connectivity index (χ1n) is 11.0. The first-order chi connectivity index (χ1) is 14.6. The molecule has 1 aromatic carbocycles. The highest BCUT2D eigenvalue weighted by atomic mass is 35.5. The molecule has 3 aliphatic rings. The van der Waals surface area contributed by atoms with Crippen LogP contribution in [0.4, 0.5) is 10.1 Å². The molecule has 5 heteroatoms. The smallest absolute Gasteiger partial charge is 0.227 e. The Morgan fingerprint density at radius 2 is 1.73 bits per heavy atom. The zero-order chi connectivity index (χ0) is 20.9. The lowest BCUT2D eigenvalue weighted by Gasteiger charge is -2.25. The number of hydrogen-bond donors (Lipinski definition) is 1. The molecule has 3 aliphatic carbocycles. The van der Waals surface area contributed by atoms with Crippen LogP contribution in [0.1, 0.15) is 74.1 Å². The third kappa shape index (κ3) is 5.48. The minimum atomic E-state index is 0.0163. The van der Waals surface area contributed by atoms with Crippen molar-refractivity contribution >= 4 is 29.3 Å². The number of pyridine rings is 1. The van der Waals surface area contributed by atoms with Gasteiger partial charge in [0.15, 0.2) is 0 Å². The van der Waals surface area contributed by atoms with Crippen molar-refractivity contribution in [3.63, 3.8) is 0 Å². The Morgan fingerprint density at radius 3 is 2.43 bits per heavy atom. The quantitative estimate of drug-likeness (QED) is 0.569. The number of nitrogens with zero attached hydrogens (tertiary/aromatic N) is 1. The summed E-state index contributed by atoms with van der Waals surface area (Å²) < 4.78 is 13.4. The topological polar surface area (TPSA) is 42.0 Å². The molecule has 0 unspecified atom stereocenters. The van der Waals surface area contributed by atoms with E-state index < -0.39 is 0 Å². The summed E-state index contributed by atoms with van der Waals surface area (Å²) in [5, 5.41) is 3.52. The molecule has 1 aromatic heterocycles. The zero-order valence-electron chi connectivity index (χ0n) is 17.2. The number of carbonyl (C=O) groups excluding carboxylic acids is 1. The number of anilines is 1. The van der Waals surface area contributed by atoms with Gasteiger partial charge >= 0.3 is 0 Å². The highest BCUT2D eigenvalue weighted by molar-refractivity contribution is 6.30. The number of fused-ring (bicyclic) bond motifs is 1. The predicted octanol–water partition coefficient (Wildman–Crippen LogP) is 7.07. The molecule has 1 amide bonds. The zero-order valence-corrected chi connectivity index (χ0v) is 17.9. The van der Waals surface area contributed by atoms with Crippen LogP contribution in [-0.2, 0) is 11.2 Å². The van der Waals surface area contributed by atoms with Crippen molar-refractivity contribution in [3.05, 3.63) is 64.2 Å². The van der Waals surface area contributed by atoms with Crippen molar-refractivity contribution in [2.75, 3.05) is 5.32 Å². The molecule has 30 heavy (non-hydrogen) atoms. The van der Waals surface area contributed by atoms with Crippen molar-refractivity contribution in [2.45, 2.75) is 63.7 Å². The lowest BCUT2D eigenvalue weighted by molar-refractivity contribution is -0.117. The average molecular weight is 427 g/mol. The number of aryl methyl sites for hydroxylation is 1. The molecule has 5 rings (SSSR count). The summed E-state index contributed by atoms with van der Waals surface area (Å²) in [5.74, 6) is 1.02. The molecule has 2 fully saturated rings. The molecule has 2 saturated carbocycles. The van der Waals surface area contributed by atoms with Crippen molar-refractivity contribution in [3.8, 4) is 0 Å². The maximum Gasteiger partial charge on any atom is 0.227 e. The molecular weight excluding hydrogens is 399 g/mol. The molecule has 1 N–H and O–H groups in total. The van der Waals surface area contributed by atoms with Crippen LogP contribution in [-0.4, -0.2) is 10.9 Å². The van der Waals surface area contributed by atoms with E-state index in [-0.39, 0.29) is 17.7 Å². The standard InChI is InChI=1S/C15H18FN.C10H10ClNO/c16-12-6-7-15-14(10-12)13(8-9-17-15)11-4-2-1-3-5-11;11-8-3-5-9(6-4-8)12-10(13)7-1-2-7/h8-11H,1-7H2;3-7H,1-2H2,(H,12,13). The van der Waals surface area contributed by atoms with Crippen molar-refractivity contribution in [2.24, 2.45) is 5.92 Å². The van der Waals surface area contributed by atoms with Crippen LogP contribution in [0.3, 0.4) is 0 Å². The maximum absolute atomic E-state index is 13.4. The number of aromatic nitrogens is 1. The van der Waals surface area contributed by atoms with Gasteiger partial charge in [0.2, 0.25) is 5.91 Å². The predicted molar refractivity (Wildman–Crippen MR) is 120 cm³/mol. The van der Waals surface area contributed by atoms with Crippen LogP contribution in [0.15, 0.2) is 42.4 Å². The number of amides is 1. The fraction of sp³-hybridized carbons (Fsp3) is 0.440. The van der Waals surface area contributed by atoms with Crippen LogP contribution in [0, 0.1) is 5.92 Å². The lowest BCUT2D eigenvalue weighted by Crippen LogP contribution is -2.12. The molecule has 0 saturated heterocycles. The highest BCUT2D eigenvalue weighted by Gasteiger charge is 2.29. The maximum atomic E-state index is 13.4. The Balaban J connectivity index is 0.000000151. The van der Waals surface area contributed by atoms with Gasteiger partial charge in [0.25, 0.3) is 0 Å². The van der Waals surface area contributed by atoms with Gasteiger partial charge in [-0.1, -0.05) is 30.9 Å². The summed E-state index contributed by atoms with van der Waals surface area (Å²) in [6, 6.07) is 9.25. The van der Waals surface area contributed by atoms with Crippen molar-refractivity contribution in [1.29, 1.82) is 0 Å². The summed E-state index contributed by atoms with van der Waals surface area (Å²) in [4.78, 5) is 15.7.